The summed E-state index contributed by atoms with van der Waals surface area (Å²) >= 11 is 13.3. The second kappa shape index (κ2) is 6.42. The van der Waals surface area contributed by atoms with Gasteiger partial charge in [-0.05, 0) is 26.3 Å². The zero-order chi connectivity index (χ0) is 15.6. The number of pyridine rings is 1. The predicted molar refractivity (Wildman–Crippen MR) is 86.2 cm³/mol. The van der Waals surface area contributed by atoms with Crippen molar-refractivity contribution in [3.63, 3.8) is 0 Å². The van der Waals surface area contributed by atoms with Gasteiger partial charge in [0.1, 0.15) is 0 Å². The van der Waals surface area contributed by atoms with Gasteiger partial charge in [-0.15, -0.1) is 10.2 Å². The van der Waals surface area contributed by atoms with Crippen LogP contribution in [0.2, 0.25) is 10.0 Å². The zero-order valence-corrected chi connectivity index (χ0v) is 14.3. The third kappa shape index (κ3) is 4.02. The monoisotopic (exact) mass is 346 g/mol. The highest BCUT2D eigenvalue weighted by molar-refractivity contribution is 7.99. The van der Waals surface area contributed by atoms with E-state index in [1.54, 1.807) is 16.7 Å². The van der Waals surface area contributed by atoms with Gasteiger partial charge in [-0.2, -0.15) is 0 Å². The summed E-state index contributed by atoms with van der Waals surface area (Å²) in [5.74, 6) is 0.214. The Bertz CT molecular complexity index is 671. The van der Waals surface area contributed by atoms with Crippen molar-refractivity contribution >= 4 is 46.5 Å². The molecular formula is C13H16Cl2N4OS. The Morgan fingerprint density at radius 1 is 1.43 bits per heavy atom. The van der Waals surface area contributed by atoms with Crippen molar-refractivity contribution in [1.29, 1.82) is 0 Å². The van der Waals surface area contributed by atoms with Crippen molar-refractivity contribution in [2.24, 2.45) is 0 Å². The number of halogens is 2. The fourth-order valence-corrected chi connectivity index (χ4v) is 2.85. The zero-order valence-electron chi connectivity index (χ0n) is 12.0. The highest BCUT2D eigenvalue weighted by atomic mass is 35.5. The van der Waals surface area contributed by atoms with E-state index in [-0.39, 0.29) is 17.2 Å². The van der Waals surface area contributed by atoms with Crippen molar-refractivity contribution in [2.45, 2.75) is 37.9 Å². The van der Waals surface area contributed by atoms with Crippen molar-refractivity contribution in [1.82, 2.24) is 19.9 Å². The number of aromatic nitrogens is 3. The number of fused-ring (bicyclic) bond motifs is 1. The molecule has 0 aliphatic rings. The summed E-state index contributed by atoms with van der Waals surface area (Å²) in [5, 5.41) is 12.5. The molecule has 5 nitrogen and oxygen atoms in total. The molecule has 2 rings (SSSR count). The van der Waals surface area contributed by atoms with E-state index >= 15 is 0 Å². The summed E-state index contributed by atoms with van der Waals surface area (Å²) in [4.78, 5) is 11.9. The van der Waals surface area contributed by atoms with Crippen LogP contribution in [-0.4, -0.2) is 31.8 Å². The smallest absolute Gasteiger partial charge is 0.230 e. The molecule has 114 valence electrons. The average molecular weight is 347 g/mol. The Hall–Kier alpha value is -0.980. The molecule has 0 spiro atoms. The summed E-state index contributed by atoms with van der Waals surface area (Å²) in [6, 6.07) is 1.61. The Labute approximate surface area is 137 Å². The first-order valence-corrected chi connectivity index (χ1v) is 8.20. The maximum Gasteiger partial charge on any atom is 0.230 e. The van der Waals surface area contributed by atoms with Gasteiger partial charge in [-0.3, -0.25) is 9.20 Å². The highest BCUT2D eigenvalue weighted by Gasteiger charge is 2.18. The molecule has 8 heteroatoms. The lowest BCUT2D eigenvalue weighted by Crippen LogP contribution is -2.43. The maximum absolute atomic E-state index is 11.9. The average Bonchev–Trinajstić information content (AvgIpc) is 2.79. The van der Waals surface area contributed by atoms with Gasteiger partial charge >= 0.3 is 0 Å². The molecule has 21 heavy (non-hydrogen) atoms. The SMILES string of the molecule is CCC(C)(C)NC(=O)CSc1nnc2c(Cl)cc(Cl)cn12. The Kier molecular flexibility index (Phi) is 5.01. The van der Waals surface area contributed by atoms with Crippen LogP contribution in [0, 0.1) is 0 Å². The third-order valence-electron chi connectivity index (χ3n) is 3.09. The minimum Gasteiger partial charge on any atom is -0.351 e. The Morgan fingerprint density at radius 2 is 2.14 bits per heavy atom. The molecule has 0 saturated carbocycles. The van der Waals surface area contributed by atoms with Crippen molar-refractivity contribution in [3.05, 3.63) is 22.3 Å². The summed E-state index contributed by atoms with van der Waals surface area (Å²) in [7, 11) is 0. The first kappa shape index (κ1) is 16.4. The van der Waals surface area contributed by atoms with E-state index < -0.39 is 0 Å². The van der Waals surface area contributed by atoms with Crippen LogP contribution in [0.1, 0.15) is 27.2 Å². The van der Waals surface area contributed by atoms with Gasteiger partial charge in [0.25, 0.3) is 0 Å². The number of hydrogen-bond donors (Lipinski definition) is 1. The van der Waals surface area contributed by atoms with Crippen molar-refractivity contribution < 1.29 is 4.79 Å². The summed E-state index contributed by atoms with van der Waals surface area (Å²) in [6.45, 7) is 6.01. The molecule has 1 amide bonds. The van der Waals surface area contributed by atoms with Gasteiger partial charge in [0, 0.05) is 11.7 Å². The van der Waals surface area contributed by atoms with E-state index in [9.17, 15) is 4.79 Å². The van der Waals surface area contributed by atoms with Gasteiger partial charge < -0.3 is 5.32 Å². The van der Waals surface area contributed by atoms with Crippen LogP contribution >= 0.6 is 35.0 Å². The highest BCUT2D eigenvalue weighted by Crippen LogP contribution is 2.25. The molecule has 2 heterocycles. The second-order valence-corrected chi connectivity index (χ2v) is 7.04. The first-order chi connectivity index (χ1) is 9.82. The number of thioether (sulfide) groups is 1. The van der Waals surface area contributed by atoms with Crippen LogP contribution in [-0.2, 0) is 4.79 Å². The lowest BCUT2D eigenvalue weighted by Gasteiger charge is -2.24. The normalized spacial score (nSPS) is 11.9. The summed E-state index contributed by atoms with van der Waals surface area (Å²) in [5.41, 5.74) is 0.315. The second-order valence-electron chi connectivity index (χ2n) is 5.26. The molecule has 0 aliphatic heterocycles. The largest absolute Gasteiger partial charge is 0.351 e. The lowest BCUT2D eigenvalue weighted by molar-refractivity contribution is -0.120. The molecule has 0 unspecified atom stereocenters. The molecule has 0 aromatic carbocycles. The lowest BCUT2D eigenvalue weighted by atomic mass is 10.0. The fourth-order valence-electron chi connectivity index (χ4n) is 1.63. The number of rotatable bonds is 5. The number of hydrogen-bond acceptors (Lipinski definition) is 4. The van der Waals surface area contributed by atoms with Gasteiger partial charge in [0.2, 0.25) is 5.91 Å². The van der Waals surface area contributed by atoms with E-state index in [4.69, 9.17) is 23.2 Å². The molecule has 0 aliphatic carbocycles. The van der Waals surface area contributed by atoms with Gasteiger partial charge in [-0.1, -0.05) is 41.9 Å². The minimum absolute atomic E-state index is 0.0447. The Balaban J connectivity index is 2.09. The number of nitrogens with one attached hydrogen (secondary N) is 1. The molecule has 0 bridgehead atoms. The molecule has 0 fully saturated rings. The maximum atomic E-state index is 11.9. The van der Waals surface area contributed by atoms with E-state index in [2.05, 4.69) is 15.5 Å². The topological polar surface area (TPSA) is 59.3 Å². The molecule has 2 aromatic heterocycles. The molecule has 0 atom stereocenters. The fraction of sp³-hybridized carbons (Fsp3) is 0.462. The quantitative estimate of drug-likeness (QED) is 0.842. The van der Waals surface area contributed by atoms with Gasteiger partial charge in [-0.25, -0.2) is 0 Å². The summed E-state index contributed by atoms with van der Waals surface area (Å²) < 4.78 is 1.69. The van der Waals surface area contributed by atoms with Crippen LogP contribution in [0.4, 0.5) is 0 Å². The number of nitrogens with zero attached hydrogens (tertiary/aromatic N) is 3. The third-order valence-corrected chi connectivity index (χ3v) is 4.52. The van der Waals surface area contributed by atoms with Crippen molar-refractivity contribution in [3.8, 4) is 0 Å². The molecular weight excluding hydrogens is 331 g/mol. The van der Waals surface area contributed by atoms with Crippen LogP contribution < -0.4 is 5.32 Å². The van der Waals surface area contributed by atoms with Crippen LogP contribution in [0.3, 0.4) is 0 Å². The molecule has 0 radical (unpaired) electrons. The first-order valence-electron chi connectivity index (χ1n) is 6.46. The predicted octanol–water partition coefficient (Wildman–Crippen LogP) is 3.43. The molecule has 0 saturated heterocycles. The number of amides is 1. The number of carbonyl (C=O) groups excluding carboxylic acids is 1. The standard InChI is InChI=1S/C13H16Cl2N4OS/c1-4-13(2,3)16-10(20)7-21-12-18-17-11-9(15)5-8(14)6-19(11)12/h5-6H,4,7H2,1-3H3,(H,16,20). The summed E-state index contributed by atoms with van der Waals surface area (Å²) in [6.07, 6.45) is 2.54. The van der Waals surface area contributed by atoms with E-state index in [0.29, 0.717) is 20.8 Å². The van der Waals surface area contributed by atoms with E-state index in [0.717, 1.165) is 6.42 Å². The minimum atomic E-state index is -0.211. The number of carbonyl (C=O) groups is 1. The van der Waals surface area contributed by atoms with Gasteiger partial charge in [0.15, 0.2) is 10.8 Å². The van der Waals surface area contributed by atoms with Crippen LogP contribution in [0.25, 0.3) is 5.65 Å². The van der Waals surface area contributed by atoms with E-state index in [1.165, 1.54) is 11.8 Å². The Morgan fingerprint density at radius 3 is 2.81 bits per heavy atom. The van der Waals surface area contributed by atoms with E-state index in [1.807, 2.05) is 20.8 Å². The molecule has 1 N–H and O–H groups in total. The van der Waals surface area contributed by atoms with Crippen LogP contribution in [0.15, 0.2) is 17.4 Å². The van der Waals surface area contributed by atoms with Gasteiger partial charge in [0.05, 0.1) is 15.8 Å². The van der Waals surface area contributed by atoms with Crippen LogP contribution in [0.5, 0.6) is 0 Å². The van der Waals surface area contributed by atoms with Crippen molar-refractivity contribution in [2.75, 3.05) is 5.75 Å². The molecule has 2 aromatic rings.